The van der Waals surface area contributed by atoms with Gasteiger partial charge in [0.25, 0.3) is 0 Å². The Morgan fingerprint density at radius 3 is 2.07 bits per heavy atom. The summed E-state index contributed by atoms with van der Waals surface area (Å²) in [5, 5.41) is 1.69. The maximum atomic E-state index is 3.25. The maximum Gasteiger partial charge on any atom is 0.0816 e. The highest BCUT2D eigenvalue weighted by Gasteiger charge is 2.30. The second-order valence-electron chi connectivity index (χ2n) is 3.83. The molecule has 0 spiro atoms. The second kappa shape index (κ2) is 8.40. The summed E-state index contributed by atoms with van der Waals surface area (Å²) in [6.45, 7) is 9.02. The summed E-state index contributed by atoms with van der Waals surface area (Å²) in [6, 6.07) is 4.11. The molecule has 0 aliphatic rings. The molecule has 0 aliphatic carbocycles. The zero-order chi connectivity index (χ0) is 11.7. The molecule has 0 aromatic heterocycles. The highest BCUT2D eigenvalue weighted by molar-refractivity contribution is 14.1. The van der Waals surface area contributed by atoms with Gasteiger partial charge in [0.15, 0.2) is 0 Å². The normalized spacial score (nSPS) is 12.2. The highest BCUT2D eigenvalue weighted by atomic mass is 127. The van der Waals surface area contributed by atoms with Crippen molar-refractivity contribution < 1.29 is 0 Å². The van der Waals surface area contributed by atoms with E-state index in [2.05, 4.69) is 61.3 Å². The van der Waals surface area contributed by atoms with Crippen molar-refractivity contribution in [3.8, 4) is 11.8 Å². The van der Waals surface area contributed by atoms with Gasteiger partial charge in [-0.25, -0.2) is 0 Å². The number of allylic oxidation sites excluding steroid dienone is 2. The average Bonchev–Trinajstić information content (AvgIpc) is 2.28. The summed E-state index contributed by atoms with van der Waals surface area (Å²) in [5.41, 5.74) is 0. The van der Waals surface area contributed by atoms with E-state index in [-0.39, 0.29) is 0 Å². The SMILES string of the molecule is CC#CC/C(=C/CI)[Si](CC)(CC)CC. The molecular weight excluding hydrogens is 311 g/mol. The van der Waals surface area contributed by atoms with Crippen LogP contribution < -0.4 is 0 Å². The van der Waals surface area contributed by atoms with E-state index >= 15 is 0 Å². The van der Waals surface area contributed by atoms with E-state index in [1.807, 2.05) is 6.92 Å². The lowest BCUT2D eigenvalue weighted by molar-refractivity contribution is 1.14. The summed E-state index contributed by atoms with van der Waals surface area (Å²) < 4.78 is 1.13. The number of alkyl halides is 1. The largest absolute Gasteiger partial charge is 0.106 e. The molecule has 0 rings (SSSR count). The summed E-state index contributed by atoms with van der Waals surface area (Å²) in [4.78, 5) is 0. The fourth-order valence-electron chi connectivity index (χ4n) is 2.18. The van der Waals surface area contributed by atoms with Gasteiger partial charge in [-0.3, -0.25) is 0 Å². The lowest BCUT2D eigenvalue weighted by atomic mass is 10.4. The van der Waals surface area contributed by atoms with Crippen LogP contribution in [-0.4, -0.2) is 12.5 Å². The van der Waals surface area contributed by atoms with E-state index in [1.165, 1.54) is 18.1 Å². The monoisotopic (exact) mass is 334 g/mol. The Balaban J connectivity index is 4.97. The Morgan fingerprint density at radius 2 is 1.73 bits per heavy atom. The Kier molecular flexibility index (Phi) is 8.54. The van der Waals surface area contributed by atoms with Gasteiger partial charge in [-0.05, 0) is 6.92 Å². The third kappa shape index (κ3) is 4.32. The smallest absolute Gasteiger partial charge is 0.0816 e. The first kappa shape index (κ1) is 15.2. The van der Waals surface area contributed by atoms with Gasteiger partial charge in [0.05, 0.1) is 8.07 Å². The van der Waals surface area contributed by atoms with Crippen LogP contribution in [0.1, 0.15) is 34.1 Å². The second-order valence-corrected chi connectivity index (χ2v) is 10.0. The summed E-state index contributed by atoms with van der Waals surface area (Å²) >= 11 is 2.44. The van der Waals surface area contributed by atoms with Crippen LogP contribution in [0.5, 0.6) is 0 Å². The number of rotatable bonds is 6. The molecule has 0 aliphatic heterocycles. The summed E-state index contributed by atoms with van der Waals surface area (Å²) in [7, 11) is -1.15. The van der Waals surface area contributed by atoms with Crippen molar-refractivity contribution in [2.24, 2.45) is 0 Å². The average molecular weight is 334 g/mol. The molecule has 0 atom stereocenters. The highest BCUT2D eigenvalue weighted by Crippen LogP contribution is 2.30. The van der Waals surface area contributed by atoms with Gasteiger partial charge in [-0.15, -0.1) is 5.92 Å². The fraction of sp³-hybridized carbons (Fsp3) is 0.692. The van der Waals surface area contributed by atoms with Crippen LogP contribution in [-0.2, 0) is 0 Å². The molecule has 0 bridgehead atoms. The summed E-state index contributed by atoms with van der Waals surface area (Å²) in [5.74, 6) is 6.28. The molecule has 15 heavy (non-hydrogen) atoms. The van der Waals surface area contributed by atoms with Crippen LogP contribution in [0, 0.1) is 11.8 Å². The third-order valence-electron chi connectivity index (χ3n) is 3.49. The van der Waals surface area contributed by atoms with Crippen LogP contribution in [0.15, 0.2) is 11.3 Å². The Labute approximate surface area is 110 Å². The van der Waals surface area contributed by atoms with Crippen molar-refractivity contribution in [1.82, 2.24) is 0 Å². The molecule has 0 fully saturated rings. The lowest BCUT2D eigenvalue weighted by Gasteiger charge is -2.30. The van der Waals surface area contributed by atoms with Crippen LogP contribution in [0.25, 0.3) is 0 Å². The van der Waals surface area contributed by atoms with Crippen molar-refractivity contribution in [2.45, 2.75) is 52.2 Å². The summed E-state index contributed by atoms with van der Waals surface area (Å²) in [6.07, 6.45) is 3.45. The fourth-order valence-corrected chi connectivity index (χ4v) is 6.99. The molecule has 0 saturated carbocycles. The predicted octanol–water partition coefficient (Wildman–Crippen LogP) is 4.81. The maximum absolute atomic E-state index is 3.25. The van der Waals surface area contributed by atoms with Gasteiger partial charge >= 0.3 is 0 Å². The van der Waals surface area contributed by atoms with Crippen LogP contribution in [0.3, 0.4) is 0 Å². The molecule has 0 aromatic carbocycles. The minimum atomic E-state index is -1.15. The van der Waals surface area contributed by atoms with Crippen LogP contribution >= 0.6 is 22.6 Å². The number of halogens is 1. The zero-order valence-corrected chi connectivity index (χ0v) is 13.6. The van der Waals surface area contributed by atoms with Crippen LogP contribution in [0.2, 0.25) is 18.1 Å². The quantitative estimate of drug-likeness (QED) is 0.283. The van der Waals surface area contributed by atoms with Crippen molar-refractivity contribution in [1.29, 1.82) is 0 Å². The van der Waals surface area contributed by atoms with Crippen molar-refractivity contribution in [3.05, 3.63) is 11.3 Å². The minimum absolute atomic E-state index is 1.02. The van der Waals surface area contributed by atoms with E-state index in [0.29, 0.717) is 0 Å². The first-order valence-electron chi connectivity index (χ1n) is 5.85. The predicted molar refractivity (Wildman–Crippen MR) is 82.2 cm³/mol. The topological polar surface area (TPSA) is 0 Å². The van der Waals surface area contributed by atoms with Gasteiger partial charge in [0.1, 0.15) is 0 Å². The zero-order valence-electron chi connectivity index (χ0n) is 10.5. The number of hydrogen-bond donors (Lipinski definition) is 0. The minimum Gasteiger partial charge on any atom is -0.106 e. The van der Waals surface area contributed by atoms with Gasteiger partial charge in [0.2, 0.25) is 0 Å². The molecular formula is C13H23ISi. The molecule has 0 N–H and O–H groups in total. The molecule has 0 aromatic rings. The van der Waals surface area contributed by atoms with Gasteiger partial charge in [0, 0.05) is 10.8 Å². The molecule has 0 heterocycles. The standard InChI is InChI=1S/C13H23ISi/c1-5-9-10-13(11-12-14)15(6-2,7-3)8-4/h11H,6-8,10,12H2,1-4H3/b13-11-. The van der Waals surface area contributed by atoms with E-state index in [4.69, 9.17) is 0 Å². The van der Waals surface area contributed by atoms with Crippen molar-refractivity contribution in [2.75, 3.05) is 4.43 Å². The molecule has 2 heteroatoms. The van der Waals surface area contributed by atoms with E-state index in [9.17, 15) is 0 Å². The molecule has 0 unspecified atom stereocenters. The Morgan fingerprint density at radius 1 is 1.20 bits per heavy atom. The molecule has 0 saturated heterocycles. The third-order valence-corrected chi connectivity index (χ3v) is 9.74. The Hall–Kier alpha value is 0.247. The first-order valence-corrected chi connectivity index (χ1v) is 10.0. The van der Waals surface area contributed by atoms with Gasteiger partial charge < -0.3 is 0 Å². The van der Waals surface area contributed by atoms with Gasteiger partial charge in [-0.1, -0.05) is 78.7 Å². The molecule has 0 amide bonds. The van der Waals surface area contributed by atoms with Crippen molar-refractivity contribution >= 4 is 30.7 Å². The van der Waals surface area contributed by atoms with Crippen molar-refractivity contribution in [3.63, 3.8) is 0 Å². The van der Waals surface area contributed by atoms with E-state index in [1.54, 1.807) is 5.20 Å². The van der Waals surface area contributed by atoms with E-state index < -0.39 is 8.07 Å². The Bertz CT molecular complexity index is 245. The molecule has 0 nitrogen and oxygen atoms in total. The lowest BCUT2D eigenvalue weighted by Crippen LogP contribution is -2.34. The van der Waals surface area contributed by atoms with Crippen LogP contribution in [0.4, 0.5) is 0 Å². The molecule has 0 radical (unpaired) electrons. The van der Waals surface area contributed by atoms with E-state index in [0.717, 1.165) is 10.8 Å². The number of hydrogen-bond acceptors (Lipinski definition) is 0. The molecule has 86 valence electrons. The first-order chi connectivity index (χ1) is 7.20. The van der Waals surface area contributed by atoms with Gasteiger partial charge in [-0.2, -0.15) is 0 Å².